The largest absolute Gasteiger partial charge is 0.390 e. The van der Waals surface area contributed by atoms with Gasteiger partial charge < -0.3 is 5.73 Å². The quantitative estimate of drug-likeness (QED) is 0.876. The fourth-order valence-corrected chi connectivity index (χ4v) is 1.79. The van der Waals surface area contributed by atoms with Gasteiger partial charge in [0, 0.05) is 15.5 Å². The van der Waals surface area contributed by atoms with Gasteiger partial charge >= 0.3 is 6.18 Å². The third-order valence-corrected chi connectivity index (χ3v) is 2.65. The molecule has 0 radical (unpaired) electrons. The SMILES string of the molecule is N[C@H](CC(F)(F)F)c1cc(Br)ccc1Cl. The number of hydrogen-bond acceptors (Lipinski definition) is 1. The molecule has 1 nitrogen and oxygen atoms in total. The van der Waals surface area contributed by atoms with E-state index in [4.69, 9.17) is 17.3 Å². The summed E-state index contributed by atoms with van der Waals surface area (Å²) in [5, 5.41) is 0.245. The molecule has 0 aliphatic rings. The third kappa shape index (κ3) is 4.01. The molecule has 0 saturated heterocycles. The molecule has 0 aliphatic carbocycles. The van der Waals surface area contributed by atoms with Crippen LogP contribution in [-0.2, 0) is 0 Å². The Balaban J connectivity index is 2.90. The van der Waals surface area contributed by atoms with Gasteiger partial charge in [0.05, 0.1) is 6.42 Å². The number of hydrogen-bond donors (Lipinski definition) is 1. The van der Waals surface area contributed by atoms with Gasteiger partial charge in [0.1, 0.15) is 0 Å². The molecule has 0 spiro atoms. The monoisotopic (exact) mass is 301 g/mol. The van der Waals surface area contributed by atoms with Crippen molar-refractivity contribution in [2.75, 3.05) is 0 Å². The maximum absolute atomic E-state index is 12.1. The molecule has 1 aromatic carbocycles. The Labute approximate surface area is 98.5 Å². The second kappa shape index (κ2) is 4.72. The number of halogens is 5. The molecule has 0 aliphatic heterocycles. The number of rotatable bonds is 2. The van der Waals surface area contributed by atoms with Gasteiger partial charge in [0.15, 0.2) is 0 Å². The Morgan fingerprint density at radius 3 is 2.53 bits per heavy atom. The van der Waals surface area contributed by atoms with Crippen LogP contribution in [0.4, 0.5) is 13.2 Å². The van der Waals surface area contributed by atoms with Gasteiger partial charge in [-0.05, 0) is 23.8 Å². The van der Waals surface area contributed by atoms with E-state index in [0.717, 1.165) is 0 Å². The fraction of sp³-hybridized carbons (Fsp3) is 0.333. The van der Waals surface area contributed by atoms with Gasteiger partial charge in [0.25, 0.3) is 0 Å². The highest BCUT2D eigenvalue weighted by Crippen LogP contribution is 2.32. The maximum Gasteiger partial charge on any atom is 0.390 e. The zero-order valence-corrected chi connectivity index (χ0v) is 9.83. The molecule has 15 heavy (non-hydrogen) atoms. The van der Waals surface area contributed by atoms with Crippen molar-refractivity contribution in [1.29, 1.82) is 0 Å². The summed E-state index contributed by atoms with van der Waals surface area (Å²) in [4.78, 5) is 0. The van der Waals surface area contributed by atoms with E-state index in [2.05, 4.69) is 15.9 Å². The van der Waals surface area contributed by atoms with Crippen LogP contribution in [0.5, 0.6) is 0 Å². The summed E-state index contributed by atoms with van der Waals surface area (Å²) < 4.78 is 36.9. The van der Waals surface area contributed by atoms with E-state index in [1.165, 1.54) is 12.1 Å². The molecule has 84 valence electrons. The molecule has 6 heteroatoms. The standard InChI is InChI=1S/C9H8BrClF3N/c10-5-1-2-7(11)6(3-5)8(15)4-9(12,13)14/h1-3,8H,4,15H2/t8-/m1/s1. The summed E-state index contributed by atoms with van der Waals surface area (Å²) in [5.74, 6) is 0. The molecule has 2 N–H and O–H groups in total. The summed E-state index contributed by atoms with van der Waals surface area (Å²) in [7, 11) is 0. The summed E-state index contributed by atoms with van der Waals surface area (Å²) >= 11 is 8.90. The molecule has 1 rings (SSSR count). The highest BCUT2D eigenvalue weighted by molar-refractivity contribution is 9.10. The van der Waals surface area contributed by atoms with Gasteiger partial charge in [-0.25, -0.2) is 0 Å². The first-order valence-electron chi connectivity index (χ1n) is 4.07. The third-order valence-electron chi connectivity index (χ3n) is 1.81. The Bertz CT molecular complexity index is 354. The Morgan fingerprint density at radius 1 is 1.40 bits per heavy atom. The van der Waals surface area contributed by atoms with Crippen LogP contribution in [0, 0.1) is 0 Å². The lowest BCUT2D eigenvalue weighted by atomic mass is 10.0. The minimum absolute atomic E-state index is 0.245. The lowest BCUT2D eigenvalue weighted by Gasteiger charge is -2.15. The van der Waals surface area contributed by atoms with Crippen molar-refractivity contribution in [3.05, 3.63) is 33.3 Å². The second-order valence-corrected chi connectivity index (χ2v) is 4.41. The van der Waals surface area contributed by atoms with Crippen LogP contribution in [0.3, 0.4) is 0 Å². The molecule has 0 heterocycles. The number of nitrogens with two attached hydrogens (primary N) is 1. The molecule has 1 aromatic rings. The minimum Gasteiger partial charge on any atom is -0.324 e. The van der Waals surface area contributed by atoms with Crippen LogP contribution in [0.2, 0.25) is 5.02 Å². The molecular weight excluding hydrogens is 294 g/mol. The van der Waals surface area contributed by atoms with Crippen LogP contribution in [0.15, 0.2) is 22.7 Å². The van der Waals surface area contributed by atoms with E-state index in [1.807, 2.05) is 0 Å². The van der Waals surface area contributed by atoms with Crippen molar-refractivity contribution in [3.63, 3.8) is 0 Å². The minimum atomic E-state index is -4.29. The first kappa shape index (κ1) is 12.8. The molecule has 0 amide bonds. The average Bonchev–Trinajstić information content (AvgIpc) is 2.06. The summed E-state index contributed by atoms with van der Waals surface area (Å²) in [6.45, 7) is 0. The molecule has 0 fully saturated rings. The van der Waals surface area contributed by atoms with E-state index < -0.39 is 18.6 Å². The summed E-state index contributed by atoms with van der Waals surface area (Å²) in [6, 6.07) is 3.53. The van der Waals surface area contributed by atoms with Crippen LogP contribution < -0.4 is 5.73 Å². The average molecular weight is 303 g/mol. The van der Waals surface area contributed by atoms with Crippen LogP contribution in [-0.4, -0.2) is 6.18 Å². The van der Waals surface area contributed by atoms with Crippen LogP contribution in [0.25, 0.3) is 0 Å². The second-order valence-electron chi connectivity index (χ2n) is 3.09. The highest BCUT2D eigenvalue weighted by atomic mass is 79.9. The topological polar surface area (TPSA) is 26.0 Å². The normalized spacial score (nSPS) is 14.0. The van der Waals surface area contributed by atoms with Crippen LogP contribution in [0.1, 0.15) is 18.0 Å². The Morgan fingerprint density at radius 2 is 2.00 bits per heavy atom. The Kier molecular flexibility index (Phi) is 4.03. The van der Waals surface area contributed by atoms with E-state index in [1.54, 1.807) is 6.07 Å². The summed E-state index contributed by atoms with van der Waals surface area (Å²) in [6.07, 6.45) is -5.37. The molecular formula is C9H8BrClF3N. The predicted molar refractivity (Wildman–Crippen MR) is 56.8 cm³/mol. The zero-order chi connectivity index (χ0) is 11.6. The smallest absolute Gasteiger partial charge is 0.324 e. The highest BCUT2D eigenvalue weighted by Gasteiger charge is 2.31. The van der Waals surface area contributed by atoms with Gasteiger partial charge in [-0.3, -0.25) is 0 Å². The van der Waals surface area contributed by atoms with E-state index in [0.29, 0.717) is 10.0 Å². The molecule has 0 bridgehead atoms. The molecule has 0 saturated carbocycles. The molecule has 0 unspecified atom stereocenters. The van der Waals surface area contributed by atoms with Gasteiger partial charge in [-0.2, -0.15) is 13.2 Å². The first-order chi connectivity index (χ1) is 6.79. The molecule has 1 atom stereocenters. The van der Waals surface area contributed by atoms with Crippen molar-refractivity contribution in [2.45, 2.75) is 18.6 Å². The summed E-state index contributed by atoms with van der Waals surface area (Å²) in [5.41, 5.74) is 5.72. The fourth-order valence-electron chi connectivity index (χ4n) is 1.16. The zero-order valence-electron chi connectivity index (χ0n) is 7.48. The molecule has 0 aromatic heterocycles. The predicted octanol–water partition coefficient (Wildman–Crippen LogP) is 4.05. The van der Waals surface area contributed by atoms with Gasteiger partial charge in [-0.15, -0.1) is 0 Å². The van der Waals surface area contributed by atoms with E-state index >= 15 is 0 Å². The van der Waals surface area contributed by atoms with Crippen molar-refractivity contribution in [3.8, 4) is 0 Å². The van der Waals surface area contributed by atoms with Gasteiger partial charge in [0.2, 0.25) is 0 Å². The van der Waals surface area contributed by atoms with Crippen molar-refractivity contribution in [2.24, 2.45) is 5.73 Å². The first-order valence-corrected chi connectivity index (χ1v) is 5.24. The van der Waals surface area contributed by atoms with Crippen molar-refractivity contribution >= 4 is 27.5 Å². The van der Waals surface area contributed by atoms with Gasteiger partial charge in [-0.1, -0.05) is 27.5 Å². The van der Waals surface area contributed by atoms with E-state index in [-0.39, 0.29) is 5.02 Å². The van der Waals surface area contributed by atoms with Crippen LogP contribution >= 0.6 is 27.5 Å². The lowest BCUT2D eigenvalue weighted by Crippen LogP contribution is -2.20. The Hall–Kier alpha value is -0.260. The van der Waals surface area contributed by atoms with Crippen molar-refractivity contribution in [1.82, 2.24) is 0 Å². The van der Waals surface area contributed by atoms with Crippen molar-refractivity contribution < 1.29 is 13.2 Å². The number of alkyl halides is 3. The van der Waals surface area contributed by atoms with E-state index in [9.17, 15) is 13.2 Å². The lowest BCUT2D eigenvalue weighted by molar-refractivity contribution is -0.138. The number of benzene rings is 1. The maximum atomic E-state index is 12.1.